The molecule has 1 spiro atoms. The van der Waals surface area contributed by atoms with Gasteiger partial charge in [-0.15, -0.1) is 0 Å². The summed E-state index contributed by atoms with van der Waals surface area (Å²) in [5.41, 5.74) is 4.06. The van der Waals surface area contributed by atoms with Crippen LogP contribution < -0.4 is 9.64 Å². The third-order valence-corrected chi connectivity index (χ3v) is 5.34. The van der Waals surface area contributed by atoms with Gasteiger partial charge in [0.15, 0.2) is 0 Å². The summed E-state index contributed by atoms with van der Waals surface area (Å²) in [6.07, 6.45) is 0.724. The van der Waals surface area contributed by atoms with Crippen LogP contribution in [-0.2, 0) is 20.1 Å². The Balaban J connectivity index is 1.44. The van der Waals surface area contributed by atoms with E-state index in [9.17, 15) is 4.79 Å². The molecule has 2 aliphatic heterocycles. The van der Waals surface area contributed by atoms with E-state index in [0.717, 1.165) is 23.4 Å². The van der Waals surface area contributed by atoms with E-state index in [1.54, 1.807) is 4.90 Å². The number of amides is 1. The van der Waals surface area contributed by atoms with E-state index in [-0.39, 0.29) is 5.91 Å². The lowest BCUT2D eigenvalue weighted by Crippen LogP contribution is -2.41. The number of ether oxygens (including phenoxy) is 3. The summed E-state index contributed by atoms with van der Waals surface area (Å²) in [6.45, 7) is 8.37. The maximum Gasteiger partial charge on any atom is 0.292 e. The van der Waals surface area contributed by atoms with Crippen molar-refractivity contribution in [2.75, 3.05) is 31.3 Å². The molecule has 1 fully saturated rings. The predicted octanol–water partition coefficient (Wildman–Crippen LogP) is 4.13. The van der Waals surface area contributed by atoms with Crippen LogP contribution in [0.5, 0.6) is 5.75 Å². The highest BCUT2D eigenvalue weighted by molar-refractivity contribution is 6.06. The van der Waals surface area contributed by atoms with Gasteiger partial charge in [0, 0.05) is 12.1 Å². The molecule has 0 bridgehead atoms. The Bertz CT molecular complexity index is 871. The number of nitrogens with zero attached hydrogens (tertiary/aromatic N) is 1. The highest BCUT2D eigenvalue weighted by Crippen LogP contribution is 2.45. The second kappa shape index (κ2) is 7.57. The van der Waals surface area contributed by atoms with Crippen molar-refractivity contribution in [3.8, 4) is 5.75 Å². The number of rotatable bonds is 6. The number of benzene rings is 2. The van der Waals surface area contributed by atoms with Gasteiger partial charge in [-0.1, -0.05) is 44.2 Å². The number of fused-ring (bicyclic) bond motifs is 2. The summed E-state index contributed by atoms with van der Waals surface area (Å²) >= 11 is 0. The monoisotopic (exact) mass is 381 g/mol. The first-order chi connectivity index (χ1) is 13.5. The van der Waals surface area contributed by atoms with E-state index in [4.69, 9.17) is 14.2 Å². The standard InChI is InChI=1S/C23H27NO4/c1-16(2)18-10-9-17(3)15-21(18)26-12-6-11-24-20-8-5-4-7-19(20)23(22(24)25)27-13-14-28-23/h4-5,7-10,15-16H,6,11-14H2,1-3H3. The van der Waals surface area contributed by atoms with E-state index in [1.807, 2.05) is 24.3 Å². The molecule has 5 nitrogen and oxygen atoms in total. The highest BCUT2D eigenvalue weighted by atomic mass is 16.7. The van der Waals surface area contributed by atoms with Crippen molar-refractivity contribution in [1.82, 2.24) is 0 Å². The van der Waals surface area contributed by atoms with Crippen molar-refractivity contribution in [3.05, 3.63) is 59.2 Å². The second-order valence-electron chi connectivity index (χ2n) is 7.69. The average molecular weight is 381 g/mol. The maximum absolute atomic E-state index is 13.1. The first-order valence-electron chi connectivity index (χ1n) is 9.95. The lowest BCUT2D eigenvalue weighted by atomic mass is 10.0. The van der Waals surface area contributed by atoms with Crippen molar-refractivity contribution < 1.29 is 19.0 Å². The molecule has 148 valence electrons. The Kier molecular flexibility index (Phi) is 5.13. The molecule has 1 saturated heterocycles. The van der Waals surface area contributed by atoms with Crippen molar-refractivity contribution in [3.63, 3.8) is 0 Å². The quantitative estimate of drug-likeness (QED) is 0.706. The van der Waals surface area contributed by atoms with Gasteiger partial charge in [-0.2, -0.15) is 0 Å². The molecule has 0 saturated carbocycles. The molecule has 4 rings (SSSR count). The third-order valence-electron chi connectivity index (χ3n) is 5.34. The van der Waals surface area contributed by atoms with Gasteiger partial charge >= 0.3 is 0 Å². The predicted molar refractivity (Wildman–Crippen MR) is 108 cm³/mol. The fourth-order valence-corrected chi connectivity index (χ4v) is 3.95. The molecule has 2 aromatic carbocycles. The van der Waals surface area contributed by atoms with E-state index < -0.39 is 5.79 Å². The molecule has 28 heavy (non-hydrogen) atoms. The molecule has 5 heteroatoms. The molecule has 2 aromatic rings. The minimum atomic E-state index is -1.25. The van der Waals surface area contributed by atoms with Gasteiger partial charge in [-0.3, -0.25) is 4.79 Å². The van der Waals surface area contributed by atoms with E-state index in [2.05, 4.69) is 39.0 Å². The minimum absolute atomic E-state index is 0.135. The van der Waals surface area contributed by atoms with Crippen molar-refractivity contribution in [1.29, 1.82) is 0 Å². The van der Waals surface area contributed by atoms with Crippen molar-refractivity contribution >= 4 is 11.6 Å². The van der Waals surface area contributed by atoms with Crippen LogP contribution in [0.2, 0.25) is 0 Å². The number of anilines is 1. The molecule has 2 heterocycles. The van der Waals surface area contributed by atoms with E-state index in [0.29, 0.717) is 32.3 Å². The molecule has 0 atom stereocenters. The van der Waals surface area contributed by atoms with Crippen LogP contribution >= 0.6 is 0 Å². The molecule has 0 radical (unpaired) electrons. The first-order valence-corrected chi connectivity index (χ1v) is 9.95. The van der Waals surface area contributed by atoms with Crippen LogP contribution in [0.3, 0.4) is 0 Å². The number of carbonyl (C=O) groups is 1. The Morgan fingerprint density at radius 1 is 1.14 bits per heavy atom. The third kappa shape index (κ3) is 3.19. The molecule has 2 aliphatic rings. The van der Waals surface area contributed by atoms with Gasteiger partial charge in [-0.25, -0.2) is 0 Å². The van der Waals surface area contributed by atoms with Crippen LogP contribution in [0, 0.1) is 6.92 Å². The summed E-state index contributed by atoms with van der Waals surface area (Å²) in [6, 6.07) is 14.0. The fourth-order valence-electron chi connectivity index (χ4n) is 3.95. The van der Waals surface area contributed by atoms with Crippen molar-refractivity contribution in [2.24, 2.45) is 0 Å². The largest absolute Gasteiger partial charge is 0.493 e. The van der Waals surface area contributed by atoms with Gasteiger partial charge in [0.25, 0.3) is 11.7 Å². The zero-order valence-electron chi connectivity index (χ0n) is 16.7. The SMILES string of the molecule is Cc1ccc(C(C)C)c(OCCCN2C(=O)C3(OCCO3)c3ccccc32)c1. The first kappa shape index (κ1) is 19.0. The van der Waals surface area contributed by atoms with E-state index >= 15 is 0 Å². The summed E-state index contributed by atoms with van der Waals surface area (Å²) in [7, 11) is 0. The zero-order chi connectivity index (χ0) is 19.7. The summed E-state index contributed by atoms with van der Waals surface area (Å²) in [4.78, 5) is 14.8. The molecule has 0 unspecified atom stereocenters. The molecular weight excluding hydrogens is 354 g/mol. The van der Waals surface area contributed by atoms with Gasteiger partial charge in [0.1, 0.15) is 5.75 Å². The topological polar surface area (TPSA) is 48.0 Å². The van der Waals surface area contributed by atoms with Crippen molar-refractivity contribution in [2.45, 2.75) is 38.9 Å². The zero-order valence-corrected chi connectivity index (χ0v) is 16.7. The van der Waals surface area contributed by atoms with Crippen LogP contribution in [0.1, 0.15) is 42.9 Å². The molecule has 1 amide bonds. The molecule has 0 N–H and O–H groups in total. The summed E-state index contributed by atoms with van der Waals surface area (Å²) in [5.74, 6) is -0.0513. The lowest BCUT2D eigenvalue weighted by molar-refractivity contribution is -0.180. The number of hydrogen-bond acceptors (Lipinski definition) is 4. The van der Waals surface area contributed by atoms with Gasteiger partial charge < -0.3 is 19.1 Å². The van der Waals surface area contributed by atoms with Gasteiger partial charge in [0.2, 0.25) is 0 Å². The molecular formula is C23H27NO4. The Hall–Kier alpha value is -2.37. The Morgan fingerprint density at radius 2 is 1.89 bits per heavy atom. The van der Waals surface area contributed by atoms with Crippen LogP contribution in [0.25, 0.3) is 0 Å². The Labute approximate surface area is 166 Å². The van der Waals surface area contributed by atoms with Gasteiger partial charge in [-0.05, 0) is 42.5 Å². The number of aryl methyl sites for hydroxylation is 1. The second-order valence-corrected chi connectivity index (χ2v) is 7.69. The highest BCUT2D eigenvalue weighted by Gasteiger charge is 2.55. The molecule has 0 aromatic heterocycles. The smallest absolute Gasteiger partial charge is 0.292 e. The summed E-state index contributed by atoms with van der Waals surface area (Å²) < 4.78 is 17.6. The van der Waals surface area contributed by atoms with E-state index in [1.165, 1.54) is 11.1 Å². The number of carbonyl (C=O) groups excluding carboxylic acids is 1. The number of hydrogen-bond donors (Lipinski definition) is 0. The lowest BCUT2D eigenvalue weighted by Gasteiger charge is -2.22. The average Bonchev–Trinajstić information content (AvgIpc) is 3.26. The van der Waals surface area contributed by atoms with Crippen LogP contribution in [0.4, 0.5) is 5.69 Å². The Morgan fingerprint density at radius 3 is 2.64 bits per heavy atom. The van der Waals surface area contributed by atoms with Gasteiger partial charge in [0.05, 0.1) is 25.5 Å². The minimum Gasteiger partial charge on any atom is -0.493 e. The fraction of sp³-hybridized carbons (Fsp3) is 0.435. The normalized spacial score (nSPS) is 17.6. The summed E-state index contributed by atoms with van der Waals surface area (Å²) in [5, 5.41) is 0. The van der Waals surface area contributed by atoms with Crippen LogP contribution in [-0.4, -0.2) is 32.3 Å². The van der Waals surface area contributed by atoms with Crippen LogP contribution in [0.15, 0.2) is 42.5 Å². The maximum atomic E-state index is 13.1. The molecule has 0 aliphatic carbocycles. The number of para-hydroxylation sites is 1.